The van der Waals surface area contributed by atoms with Gasteiger partial charge in [-0.3, -0.25) is 0 Å². The monoisotopic (exact) mass is 311 g/mol. The van der Waals surface area contributed by atoms with Gasteiger partial charge in [0.15, 0.2) is 0 Å². The molecule has 0 saturated carbocycles. The molecule has 0 aliphatic carbocycles. The molecule has 0 unspecified atom stereocenters. The molecule has 2 atom stereocenters. The number of benzene rings is 2. The number of para-hydroxylation sites is 2. The van der Waals surface area contributed by atoms with Crippen LogP contribution in [0.2, 0.25) is 0 Å². The maximum Gasteiger partial charge on any atom is 0.0576 e. The zero-order valence-electron chi connectivity index (χ0n) is 14.3. The van der Waals surface area contributed by atoms with Gasteiger partial charge in [0, 0.05) is 18.6 Å². The van der Waals surface area contributed by atoms with Gasteiger partial charge in [-0.05, 0) is 43.9 Å². The Labute approximate surface area is 140 Å². The van der Waals surface area contributed by atoms with Crippen LogP contribution in [0.4, 0.5) is 11.4 Å². The summed E-state index contributed by atoms with van der Waals surface area (Å²) in [6, 6.07) is 19.5. The van der Waals surface area contributed by atoms with Crippen LogP contribution >= 0.6 is 0 Å². The fourth-order valence-electron chi connectivity index (χ4n) is 2.67. The zero-order valence-corrected chi connectivity index (χ0v) is 14.3. The van der Waals surface area contributed by atoms with E-state index < -0.39 is 0 Å². The molecule has 0 bridgehead atoms. The van der Waals surface area contributed by atoms with Crippen molar-refractivity contribution in [3.05, 3.63) is 60.2 Å². The van der Waals surface area contributed by atoms with Gasteiger partial charge >= 0.3 is 0 Å². The topological polar surface area (TPSA) is 50.1 Å². The largest absolute Gasteiger partial charge is 0.397 e. The van der Waals surface area contributed by atoms with Crippen molar-refractivity contribution in [2.45, 2.75) is 51.7 Å². The van der Waals surface area contributed by atoms with Crippen molar-refractivity contribution in [3.63, 3.8) is 0 Å². The Morgan fingerprint density at radius 3 is 2.35 bits per heavy atom. The van der Waals surface area contributed by atoms with Crippen molar-refractivity contribution in [2.75, 3.05) is 11.1 Å². The molecule has 0 spiro atoms. The molecule has 4 N–H and O–H groups in total. The molecule has 0 amide bonds. The third-order valence-corrected chi connectivity index (χ3v) is 4.26. The predicted molar refractivity (Wildman–Crippen MR) is 101 cm³/mol. The number of hydrogen-bond donors (Lipinski definition) is 3. The van der Waals surface area contributed by atoms with Crippen LogP contribution in [0.1, 0.15) is 38.7 Å². The molecule has 0 heterocycles. The van der Waals surface area contributed by atoms with E-state index in [-0.39, 0.29) is 0 Å². The zero-order chi connectivity index (χ0) is 16.5. The number of rotatable bonds is 9. The lowest BCUT2D eigenvalue weighted by Crippen LogP contribution is -2.28. The number of hydrogen-bond acceptors (Lipinski definition) is 3. The smallest absolute Gasteiger partial charge is 0.0576 e. The van der Waals surface area contributed by atoms with Crippen LogP contribution in [-0.2, 0) is 6.54 Å². The van der Waals surface area contributed by atoms with Gasteiger partial charge in [0.05, 0.1) is 11.4 Å². The van der Waals surface area contributed by atoms with Crippen molar-refractivity contribution in [3.8, 4) is 0 Å². The normalized spacial score (nSPS) is 13.5. The number of nitrogens with one attached hydrogen (secondary N) is 2. The van der Waals surface area contributed by atoms with E-state index in [2.05, 4.69) is 60.9 Å². The summed E-state index contributed by atoms with van der Waals surface area (Å²) in [6.07, 6.45) is 3.37. The molecule has 0 aromatic heterocycles. The van der Waals surface area contributed by atoms with Crippen LogP contribution in [0.3, 0.4) is 0 Å². The summed E-state index contributed by atoms with van der Waals surface area (Å²) in [7, 11) is 0. The maximum absolute atomic E-state index is 6.02. The first-order valence-electron chi connectivity index (χ1n) is 8.57. The van der Waals surface area contributed by atoms with Crippen LogP contribution in [0.15, 0.2) is 54.6 Å². The van der Waals surface area contributed by atoms with Gasteiger partial charge in [0.2, 0.25) is 0 Å². The van der Waals surface area contributed by atoms with Gasteiger partial charge in [0.25, 0.3) is 0 Å². The molecule has 3 nitrogen and oxygen atoms in total. The Morgan fingerprint density at radius 2 is 1.65 bits per heavy atom. The summed E-state index contributed by atoms with van der Waals surface area (Å²) in [4.78, 5) is 0. The van der Waals surface area contributed by atoms with E-state index in [9.17, 15) is 0 Å². The van der Waals surface area contributed by atoms with Crippen molar-refractivity contribution in [2.24, 2.45) is 0 Å². The molecule has 2 aromatic rings. The molecule has 0 aliphatic heterocycles. The average Bonchev–Trinajstić information content (AvgIpc) is 2.59. The van der Waals surface area contributed by atoms with E-state index in [1.807, 2.05) is 18.2 Å². The van der Waals surface area contributed by atoms with E-state index in [1.54, 1.807) is 0 Å². The lowest BCUT2D eigenvalue weighted by Gasteiger charge is -2.22. The highest BCUT2D eigenvalue weighted by Gasteiger charge is 2.10. The lowest BCUT2D eigenvalue weighted by atomic mass is 10.0. The second-order valence-corrected chi connectivity index (χ2v) is 6.18. The first-order valence-corrected chi connectivity index (χ1v) is 8.57. The first kappa shape index (κ1) is 17.4. The number of nitrogen functional groups attached to an aromatic ring is 1. The van der Waals surface area contributed by atoms with Crippen molar-refractivity contribution >= 4 is 11.4 Å². The molecule has 0 saturated heterocycles. The van der Waals surface area contributed by atoms with E-state index in [0.29, 0.717) is 12.1 Å². The quantitative estimate of drug-likeness (QED) is 0.601. The summed E-state index contributed by atoms with van der Waals surface area (Å²) < 4.78 is 0. The van der Waals surface area contributed by atoms with Crippen LogP contribution < -0.4 is 16.4 Å². The molecular weight excluding hydrogens is 282 g/mol. The highest BCUT2D eigenvalue weighted by molar-refractivity contribution is 5.65. The predicted octanol–water partition coefficient (Wildman–Crippen LogP) is 4.42. The average molecular weight is 311 g/mol. The minimum absolute atomic E-state index is 0.459. The molecule has 0 aliphatic rings. The number of anilines is 2. The summed E-state index contributed by atoms with van der Waals surface area (Å²) in [5.41, 5.74) is 9.22. The second-order valence-electron chi connectivity index (χ2n) is 6.18. The molecule has 2 rings (SSSR count). The van der Waals surface area contributed by atoms with E-state index in [1.165, 1.54) is 5.56 Å². The second kappa shape index (κ2) is 9.21. The van der Waals surface area contributed by atoms with Gasteiger partial charge in [0.1, 0.15) is 0 Å². The lowest BCUT2D eigenvalue weighted by molar-refractivity contribution is 0.471. The summed E-state index contributed by atoms with van der Waals surface area (Å²) in [5.74, 6) is 0. The fraction of sp³-hybridized carbons (Fsp3) is 0.400. The Hall–Kier alpha value is -2.00. The molecule has 3 heteroatoms. The van der Waals surface area contributed by atoms with Gasteiger partial charge in [-0.15, -0.1) is 0 Å². The molecule has 0 fully saturated rings. The van der Waals surface area contributed by atoms with Gasteiger partial charge in [-0.2, -0.15) is 0 Å². The van der Waals surface area contributed by atoms with Gasteiger partial charge in [-0.1, -0.05) is 49.4 Å². The summed E-state index contributed by atoms with van der Waals surface area (Å²) in [6.45, 7) is 5.41. The molecule has 2 aromatic carbocycles. The highest BCUT2D eigenvalue weighted by atomic mass is 14.9. The Morgan fingerprint density at radius 1 is 0.957 bits per heavy atom. The third kappa shape index (κ3) is 5.95. The van der Waals surface area contributed by atoms with E-state index in [0.717, 1.165) is 37.2 Å². The Balaban J connectivity index is 1.75. The van der Waals surface area contributed by atoms with Crippen molar-refractivity contribution < 1.29 is 0 Å². The standard InChI is InChI=1S/C20H29N3/c1-3-18(23-20-12-8-7-11-19(20)21)14-13-16(2)22-15-17-9-5-4-6-10-17/h4-12,16,18,22-23H,3,13-15,21H2,1-2H3/t16-,18-/m1/s1. The van der Waals surface area contributed by atoms with Gasteiger partial charge in [-0.25, -0.2) is 0 Å². The minimum atomic E-state index is 0.459. The minimum Gasteiger partial charge on any atom is -0.397 e. The Kier molecular flexibility index (Phi) is 6.95. The third-order valence-electron chi connectivity index (χ3n) is 4.26. The van der Waals surface area contributed by atoms with E-state index >= 15 is 0 Å². The number of nitrogens with two attached hydrogens (primary N) is 1. The fourth-order valence-corrected chi connectivity index (χ4v) is 2.67. The van der Waals surface area contributed by atoms with Gasteiger partial charge < -0.3 is 16.4 Å². The summed E-state index contributed by atoms with van der Waals surface area (Å²) >= 11 is 0. The molecule has 23 heavy (non-hydrogen) atoms. The molecule has 0 radical (unpaired) electrons. The summed E-state index contributed by atoms with van der Waals surface area (Å²) in [5, 5.41) is 7.17. The van der Waals surface area contributed by atoms with Crippen LogP contribution in [0.25, 0.3) is 0 Å². The molecule has 124 valence electrons. The van der Waals surface area contributed by atoms with E-state index in [4.69, 9.17) is 5.73 Å². The Bertz CT molecular complexity index is 568. The maximum atomic E-state index is 6.02. The van der Waals surface area contributed by atoms with Crippen LogP contribution in [-0.4, -0.2) is 12.1 Å². The molecular formula is C20H29N3. The SMILES string of the molecule is CC[C@H](CC[C@@H](C)NCc1ccccc1)Nc1ccccc1N. The van der Waals surface area contributed by atoms with Crippen molar-refractivity contribution in [1.29, 1.82) is 0 Å². The first-order chi connectivity index (χ1) is 11.2. The van der Waals surface area contributed by atoms with Crippen molar-refractivity contribution in [1.82, 2.24) is 5.32 Å². The van der Waals surface area contributed by atoms with Crippen LogP contribution in [0, 0.1) is 0 Å². The highest BCUT2D eigenvalue weighted by Crippen LogP contribution is 2.20. The van der Waals surface area contributed by atoms with Crippen LogP contribution in [0.5, 0.6) is 0 Å².